The summed E-state index contributed by atoms with van der Waals surface area (Å²) in [6.45, 7) is 2.26. The standard InChI is InChI=1S/C20H31NS/c1-2-17-22-18-12-10-8-6-4-3-5-7-9-11-14-20-15-13-16-21-19-20/h13,15-16,19H,2-10,12,17-18H2,1H3. The average molecular weight is 318 g/mol. The maximum atomic E-state index is 4.07. The second-order valence-electron chi connectivity index (χ2n) is 5.73. The van der Waals surface area contributed by atoms with Gasteiger partial charge >= 0.3 is 0 Å². The number of hydrogen-bond donors (Lipinski definition) is 0. The van der Waals surface area contributed by atoms with Crippen LogP contribution >= 0.6 is 11.8 Å². The zero-order chi connectivity index (χ0) is 15.7. The van der Waals surface area contributed by atoms with Gasteiger partial charge in [-0.15, -0.1) is 0 Å². The van der Waals surface area contributed by atoms with Crippen molar-refractivity contribution in [1.29, 1.82) is 0 Å². The molecule has 1 rings (SSSR count). The molecule has 0 saturated carbocycles. The summed E-state index contributed by atoms with van der Waals surface area (Å²) in [6.07, 6.45) is 17.0. The second kappa shape index (κ2) is 15.0. The van der Waals surface area contributed by atoms with E-state index in [2.05, 4.69) is 35.5 Å². The zero-order valence-electron chi connectivity index (χ0n) is 14.2. The SMILES string of the molecule is CCCSCCCCCCCCCCC#Cc1cccnc1. The molecule has 0 aromatic carbocycles. The van der Waals surface area contributed by atoms with E-state index in [1.165, 1.54) is 69.3 Å². The quantitative estimate of drug-likeness (QED) is 0.342. The second-order valence-corrected chi connectivity index (χ2v) is 6.96. The van der Waals surface area contributed by atoms with E-state index in [1.54, 1.807) is 6.20 Å². The van der Waals surface area contributed by atoms with Gasteiger partial charge in [0.25, 0.3) is 0 Å². The minimum absolute atomic E-state index is 1.02. The van der Waals surface area contributed by atoms with Gasteiger partial charge in [-0.25, -0.2) is 0 Å². The summed E-state index contributed by atoms with van der Waals surface area (Å²) in [5.41, 5.74) is 1.03. The Bertz CT molecular complexity index is 405. The lowest BCUT2D eigenvalue weighted by molar-refractivity contribution is 0.580. The lowest BCUT2D eigenvalue weighted by Gasteiger charge is -2.01. The summed E-state index contributed by atoms with van der Waals surface area (Å²) in [7, 11) is 0. The first-order chi connectivity index (χ1) is 10.9. The highest BCUT2D eigenvalue weighted by molar-refractivity contribution is 7.99. The number of rotatable bonds is 12. The Balaban J connectivity index is 1.81. The van der Waals surface area contributed by atoms with Crippen LogP contribution in [-0.2, 0) is 0 Å². The van der Waals surface area contributed by atoms with Crippen molar-refractivity contribution in [3.8, 4) is 11.8 Å². The third-order valence-electron chi connectivity index (χ3n) is 3.58. The molecular weight excluding hydrogens is 286 g/mol. The molecule has 122 valence electrons. The molecule has 0 saturated heterocycles. The number of pyridine rings is 1. The smallest absolute Gasteiger partial charge is 0.0428 e. The molecule has 1 heterocycles. The molecule has 0 N–H and O–H groups in total. The molecule has 1 aromatic rings. The monoisotopic (exact) mass is 317 g/mol. The van der Waals surface area contributed by atoms with Gasteiger partial charge in [-0.1, -0.05) is 57.3 Å². The van der Waals surface area contributed by atoms with Crippen molar-refractivity contribution in [2.75, 3.05) is 11.5 Å². The number of hydrogen-bond acceptors (Lipinski definition) is 2. The molecule has 1 aromatic heterocycles. The van der Waals surface area contributed by atoms with E-state index in [0.29, 0.717) is 0 Å². The molecular formula is C20H31NS. The van der Waals surface area contributed by atoms with E-state index in [-0.39, 0.29) is 0 Å². The third-order valence-corrected chi connectivity index (χ3v) is 4.86. The molecule has 0 unspecified atom stereocenters. The van der Waals surface area contributed by atoms with Gasteiger partial charge in [-0.05, 0) is 42.9 Å². The fourth-order valence-electron chi connectivity index (χ4n) is 2.33. The van der Waals surface area contributed by atoms with Crippen molar-refractivity contribution < 1.29 is 0 Å². The molecule has 0 bridgehead atoms. The largest absolute Gasteiger partial charge is 0.263 e. The van der Waals surface area contributed by atoms with Gasteiger partial charge in [0.2, 0.25) is 0 Å². The number of thioether (sulfide) groups is 1. The van der Waals surface area contributed by atoms with Gasteiger partial charge in [-0.3, -0.25) is 4.98 Å². The molecule has 0 aliphatic carbocycles. The van der Waals surface area contributed by atoms with E-state index in [0.717, 1.165) is 12.0 Å². The molecule has 22 heavy (non-hydrogen) atoms. The summed E-state index contributed by atoms with van der Waals surface area (Å²) in [6, 6.07) is 3.95. The van der Waals surface area contributed by atoms with Crippen molar-refractivity contribution in [3.05, 3.63) is 30.1 Å². The molecule has 0 spiro atoms. The Morgan fingerprint density at radius 2 is 1.68 bits per heavy atom. The average Bonchev–Trinajstić information content (AvgIpc) is 2.56. The van der Waals surface area contributed by atoms with Gasteiger partial charge in [0, 0.05) is 24.4 Å². The Morgan fingerprint density at radius 1 is 0.955 bits per heavy atom. The fourth-order valence-corrected chi connectivity index (χ4v) is 3.23. The van der Waals surface area contributed by atoms with E-state index in [4.69, 9.17) is 0 Å². The highest BCUT2D eigenvalue weighted by atomic mass is 32.2. The number of unbranched alkanes of at least 4 members (excludes halogenated alkanes) is 8. The molecule has 0 radical (unpaired) electrons. The van der Waals surface area contributed by atoms with Crippen LogP contribution in [0.5, 0.6) is 0 Å². The van der Waals surface area contributed by atoms with Crippen LogP contribution in [0.3, 0.4) is 0 Å². The van der Waals surface area contributed by atoms with E-state index in [9.17, 15) is 0 Å². The fraction of sp³-hybridized carbons (Fsp3) is 0.650. The van der Waals surface area contributed by atoms with E-state index < -0.39 is 0 Å². The summed E-state index contributed by atoms with van der Waals surface area (Å²) < 4.78 is 0. The van der Waals surface area contributed by atoms with Gasteiger partial charge in [0.1, 0.15) is 0 Å². The molecule has 0 aliphatic rings. The van der Waals surface area contributed by atoms with Crippen LogP contribution < -0.4 is 0 Å². The van der Waals surface area contributed by atoms with Crippen LogP contribution in [0.25, 0.3) is 0 Å². The van der Waals surface area contributed by atoms with Gasteiger partial charge in [-0.2, -0.15) is 11.8 Å². The van der Waals surface area contributed by atoms with Crippen LogP contribution in [0.4, 0.5) is 0 Å². The highest BCUT2D eigenvalue weighted by Gasteiger charge is 1.93. The van der Waals surface area contributed by atoms with Gasteiger partial charge in [0.15, 0.2) is 0 Å². The van der Waals surface area contributed by atoms with Crippen LogP contribution in [0.2, 0.25) is 0 Å². The van der Waals surface area contributed by atoms with Crippen molar-refractivity contribution >= 4 is 11.8 Å². The van der Waals surface area contributed by atoms with Crippen LogP contribution in [0.1, 0.15) is 76.7 Å². The van der Waals surface area contributed by atoms with Crippen LogP contribution in [0.15, 0.2) is 24.5 Å². The van der Waals surface area contributed by atoms with Crippen molar-refractivity contribution in [2.45, 2.75) is 71.1 Å². The predicted octanol–water partition coefficient (Wildman–Crippen LogP) is 6.09. The Labute approximate surface area is 141 Å². The minimum atomic E-state index is 1.02. The van der Waals surface area contributed by atoms with Gasteiger partial charge in [0.05, 0.1) is 0 Å². The van der Waals surface area contributed by atoms with E-state index in [1.807, 2.05) is 18.3 Å². The Hall–Kier alpha value is -0.940. The summed E-state index contributed by atoms with van der Waals surface area (Å²) in [4.78, 5) is 4.07. The van der Waals surface area contributed by atoms with Gasteiger partial charge < -0.3 is 0 Å². The lowest BCUT2D eigenvalue weighted by atomic mass is 10.1. The molecule has 0 aliphatic heterocycles. The molecule has 0 atom stereocenters. The number of aromatic nitrogens is 1. The summed E-state index contributed by atoms with van der Waals surface area (Å²) in [5.74, 6) is 9.12. The Morgan fingerprint density at radius 3 is 2.36 bits per heavy atom. The van der Waals surface area contributed by atoms with Crippen molar-refractivity contribution in [2.24, 2.45) is 0 Å². The van der Waals surface area contributed by atoms with E-state index >= 15 is 0 Å². The lowest BCUT2D eigenvalue weighted by Crippen LogP contribution is -1.84. The first-order valence-electron chi connectivity index (χ1n) is 8.90. The number of nitrogens with zero attached hydrogens (tertiary/aromatic N) is 1. The van der Waals surface area contributed by atoms with Crippen molar-refractivity contribution in [1.82, 2.24) is 4.98 Å². The molecule has 0 fully saturated rings. The third kappa shape index (κ3) is 11.7. The summed E-state index contributed by atoms with van der Waals surface area (Å²) >= 11 is 2.11. The maximum Gasteiger partial charge on any atom is 0.0428 e. The first-order valence-corrected chi connectivity index (χ1v) is 10.1. The highest BCUT2D eigenvalue weighted by Crippen LogP contribution is 2.12. The topological polar surface area (TPSA) is 12.9 Å². The first kappa shape index (κ1) is 19.1. The van der Waals surface area contributed by atoms with Crippen LogP contribution in [0, 0.1) is 11.8 Å². The molecule has 1 nitrogen and oxygen atoms in total. The Kier molecular flexibility index (Phi) is 13.0. The minimum Gasteiger partial charge on any atom is -0.263 e. The molecule has 0 amide bonds. The van der Waals surface area contributed by atoms with Crippen molar-refractivity contribution in [3.63, 3.8) is 0 Å². The zero-order valence-corrected chi connectivity index (χ0v) is 15.0. The maximum absolute atomic E-state index is 4.07. The normalized spacial score (nSPS) is 10.2. The molecule has 2 heteroatoms. The predicted molar refractivity (Wildman–Crippen MR) is 100 cm³/mol. The van der Waals surface area contributed by atoms with Crippen LogP contribution in [-0.4, -0.2) is 16.5 Å². The summed E-state index contributed by atoms with van der Waals surface area (Å²) in [5, 5.41) is 0.